The third-order valence-electron chi connectivity index (χ3n) is 3.68. The van der Waals surface area contributed by atoms with Crippen LogP contribution in [0.3, 0.4) is 0 Å². The largest absolute Gasteiger partial charge is 0.373 e. The lowest BCUT2D eigenvalue weighted by molar-refractivity contribution is -0.116. The van der Waals surface area contributed by atoms with E-state index < -0.39 is 16.1 Å². The van der Waals surface area contributed by atoms with Crippen molar-refractivity contribution in [2.75, 3.05) is 32.0 Å². The highest BCUT2D eigenvalue weighted by molar-refractivity contribution is 7.86. The summed E-state index contributed by atoms with van der Waals surface area (Å²) in [6, 6.07) is 4.64. The molecule has 1 aliphatic rings. The number of anilines is 1. The molecule has 0 radical (unpaired) electrons. The molecule has 1 aromatic carbocycles. The number of likely N-dealkylation sites (N-methyl/N-ethyl adjacent to an activating group) is 1. The van der Waals surface area contributed by atoms with E-state index in [2.05, 4.69) is 5.32 Å². The van der Waals surface area contributed by atoms with Gasteiger partial charge in [0.05, 0.1) is 28.8 Å². The number of nitrogens with zero attached hydrogens (tertiary/aromatic N) is 2. The van der Waals surface area contributed by atoms with E-state index in [1.165, 1.54) is 17.4 Å². The van der Waals surface area contributed by atoms with Gasteiger partial charge in [-0.1, -0.05) is 23.2 Å². The molecule has 2 rings (SSSR count). The SMILES string of the molecule is CC1CN(S(=O)(=O)N(C)CC(=O)Nc2ccc(Cl)c(Cl)c2)CC(C)O1. The number of hydrogen-bond donors (Lipinski definition) is 1. The molecule has 0 bridgehead atoms. The molecule has 1 aliphatic heterocycles. The van der Waals surface area contributed by atoms with E-state index >= 15 is 0 Å². The fourth-order valence-corrected chi connectivity index (χ4v) is 4.34. The third kappa shape index (κ3) is 5.29. The Balaban J connectivity index is 2.00. The molecule has 1 N–H and O–H groups in total. The van der Waals surface area contributed by atoms with Crippen LogP contribution < -0.4 is 5.32 Å². The number of amides is 1. The van der Waals surface area contributed by atoms with Crippen LogP contribution in [0, 0.1) is 0 Å². The van der Waals surface area contributed by atoms with Crippen molar-refractivity contribution in [3.05, 3.63) is 28.2 Å². The molecule has 0 aromatic heterocycles. The minimum Gasteiger partial charge on any atom is -0.373 e. The van der Waals surface area contributed by atoms with Gasteiger partial charge in [-0.05, 0) is 32.0 Å². The van der Waals surface area contributed by atoms with Gasteiger partial charge < -0.3 is 10.1 Å². The van der Waals surface area contributed by atoms with E-state index in [4.69, 9.17) is 27.9 Å². The van der Waals surface area contributed by atoms with Crippen LogP contribution in [0.2, 0.25) is 10.0 Å². The zero-order valence-electron chi connectivity index (χ0n) is 14.2. The lowest BCUT2D eigenvalue weighted by Crippen LogP contribution is -2.53. The van der Waals surface area contributed by atoms with Crippen LogP contribution >= 0.6 is 23.2 Å². The van der Waals surface area contributed by atoms with Gasteiger partial charge in [0.1, 0.15) is 0 Å². The van der Waals surface area contributed by atoms with Crippen LogP contribution in [0.1, 0.15) is 13.8 Å². The normalized spacial score (nSPS) is 22.2. The number of carbonyl (C=O) groups excluding carboxylic acids is 1. The molecule has 0 saturated carbocycles. The third-order valence-corrected chi connectivity index (χ3v) is 6.28. The molecular weight excluding hydrogens is 389 g/mol. The second-order valence-corrected chi connectivity index (χ2v) is 8.86. The molecule has 1 saturated heterocycles. The number of morpholine rings is 1. The number of rotatable bonds is 5. The first-order valence-electron chi connectivity index (χ1n) is 7.71. The molecule has 10 heteroatoms. The van der Waals surface area contributed by atoms with Gasteiger partial charge in [-0.3, -0.25) is 4.79 Å². The van der Waals surface area contributed by atoms with Crippen molar-refractivity contribution in [3.8, 4) is 0 Å². The maximum absolute atomic E-state index is 12.6. The number of nitrogens with one attached hydrogen (secondary N) is 1. The maximum Gasteiger partial charge on any atom is 0.282 e. The number of hydrogen-bond acceptors (Lipinski definition) is 4. The van der Waals surface area contributed by atoms with E-state index in [-0.39, 0.29) is 31.8 Å². The minimum absolute atomic E-state index is 0.197. The van der Waals surface area contributed by atoms with Crippen LogP contribution in [0.25, 0.3) is 0 Å². The Kier molecular flexibility index (Phi) is 6.69. The Hall–Kier alpha value is -0.900. The Morgan fingerprint density at radius 3 is 2.44 bits per heavy atom. The lowest BCUT2D eigenvalue weighted by Gasteiger charge is -2.36. The van der Waals surface area contributed by atoms with Crippen molar-refractivity contribution in [3.63, 3.8) is 0 Å². The van der Waals surface area contributed by atoms with Gasteiger partial charge in [0, 0.05) is 25.8 Å². The molecule has 1 fully saturated rings. The fourth-order valence-electron chi connectivity index (χ4n) is 2.57. The van der Waals surface area contributed by atoms with E-state index in [0.717, 1.165) is 4.31 Å². The molecule has 7 nitrogen and oxygen atoms in total. The van der Waals surface area contributed by atoms with Crippen LogP contribution in [-0.4, -0.2) is 61.8 Å². The Morgan fingerprint density at radius 2 is 1.88 bits per heavy atom. The van der Waals surface area contributed by atoms with E-state index in [0.29, 0.717) is 15.7 Å². The molecule has 0 spiro atoms. The first-order valence-corrected chi connectivity index (χ1v) is 9.86. The number of ether oxygens (including phenoxy) is 1. The summed E-state index contributed by atoms with van der Waals surface area (Å²) < 4.78 is 33.2. The summed E-state index contributed by atoms with van der Waals surface area (Å²) in [5.74, 6) is -0.473. The smallest absolute Gasteiger partial charge is 0.282 e. The zero-order chi connectivity index (χ0) is 18.8. The number of halogens is 2. The van der Waals surface area contributed by atoms with Crippen molar-refractivity contribution < 1.29 is 17.9 Å². The monoisotopic (exact) mass is 409 g/mol. The summed E-state index contributed by atoms with van der Waals surface area (Å²) in [7, 11) is -2.38. The number of carbonyl (C=O) groups is 1. The van der Waals surface area contributed by atoms with Gasteiger partial charge in [0.25, 0.3) is 10.2 Å². The molecule has 1 aromatic rings. The van der Waals surface area contributed by atoms with Gasteiger partial charge in [-0.15, -0.1) is 0 Å². The summed E-state index contributed by atoms with van der Waals surface area (Å²) in [5, 5.41) is 3.27. The Labute approximate surface area is 158 Å². The van der Waals surface area contributed by atoms with Crippen LogP contribution in [0.5, 0.6) is 0 Å². The van der Waals surface area contributed by atoms with Crippen molar-refractivity contribution in [2.45, 2.75) is 26.1 Å². The van der Waals surface area contributed by atoms with Crippen LogP contribution in [0.4, 0.5) is 5.69 Å². The molecular formula is C15H21Cl2N3O4S. The topological polar surface area (TPSA) is 79.0 Å². The molecule has 140 valence electrons. The average molecular weight is 410 g/mol. The average Bonchev–Trinajstić information content (AvgIpc) is 2.49. The summed E-state index contributed by atoms with van der Waals surface area (Å²) in [5.41, 5.74) is 0.443. The molecule has 1 amide bonds. The second kappa shape index (κ2) is 8.20. The summed E-state index contributed by atoms with van der Waals surface area (Å²) in [6.07, 6.45) is -0.395. The summed E-state index contributed by atoms with van der Waals surface area (Å²) in [4.78, 5) is 12.1. The van der Waals surface area contributed by atoms with E-state index in [9.17, 15) is 13.2 Å². The van der Waals surface area contributed by atoms with Gasteiger partial charge in [-0.25, -0.2) is 0 Å². The van der Waals surface area contributed by atoms with E-state index in [1.54, 1.807) is 12.1 Å². The highest BCUT2D eigenvalue weighted by Crippen LogP contribution is 2.25. The Morgan fingerprint density at radius 1 is 1.28 bits per heavy atom. The standard InChI is InChI=1S/C15H21Cl2N3O4S/c1-10-7-20(8-11(2)24-10)25(22,23)19(3)9-15(21)18-12-4-5-13(16)14(17)6-12/h4-6,10-11H,7-9H2,1-3H3,(H,18,21). The first kappa shape index (κ1) is 20.4. The molecule has 1 heterocycles. The molecule has 2 atom stereocenters. The van der Waals surface area contributed by atoms with Crippen molar-refractivity contribution in [1.29, 1.82) is 0 Å². The van der Waals surface area contributed by atoms with Crippen molar-refractivity contribution in [1.82, 2.24) is 8.61 Å². The summed E-state index contributed by atoms with van der Waals surface area (Å²) >= 11 is 11.7. The first-order chi connectivity index (χ1) is 11.6. The van der Waals surface area contributed by atoms with Crippen molar-refractivity contribution >= 4 is 45.0 Å². The Bertz CT molecular complexity index is 734. The quantitative estimate of drug-likeness (QED) is 0.808. The van der Waals surface area contributed by atoms with Gasteiger partial charge in [-0.2, -0.15) is 17.0 Å². The zero-order valence-corrected chi connectivity index (χ0v) is 16.5. The highest BCUT2D eigenvalue weighted by atomic mass is 35.5. The molecule has 0 aliphatic carbocycles. The lowest BCUT2D eigenvalue weighted by atomic mass is 10.3. The number of benzene rings is 1. The van der Waals surface area contributed by atoms with E-state index in [1.807, 2.05) is 13.8 Å². The van der Waals surface area contributed by atoms with Gasteiger partial charge in [0.15, 0.2) is 0 Å². The van der Waals surface area contributed by atoms with Crippen molar-refractivity contribution in [2.24, 2.45) is 0 Å². The molecule has 25 heavy (non-hydrogen) atoms. The van der Waals surface area contributed by atoms with Gasteiger partial charge in [0.2, 0.25) is 5.91 Å². The predicted molar refractivity (Wildman–Crippen MR) is 98.2 cm³/mol. The fraction of sp³-hybridized carbons (Fsp3) is 0.533. The van der Waals surface area contributed by atoms with Gasteiger partial charge >= 0.3 is 0 Å². The second-order valence-electron chi connectivity index (χ2n) is 6.02. The van der Waals surface area contributed by atoms with Crippen LogP contribution in [-0.2, 0) is 19.7 Å². The summed E-state index contributed by atoms with van der Waals surface area (Å²) in [6.45, 7) is 3.82. The predicted octanol–water partition coefficient (Wildman–Crippen LogP) is 2.22. The highest BCUT2D eigenvalue weighted by Gasteiger charge is 2.34. The van der Waals surface area contributed by atoms with Crippen LogP contribution in [0.15, 0.2) is 18.2 Å². The minimum atomic E-state index is -3.75. The maximum atomic E-state index is 12.6. The molecule has 2 unspecified atom stereocenters.